The minimum absolute atomic E-state index is 0.299. The number of hydrogen-bond donors (Lipinski definition) is 0. The van der Waals surface area contributed by atoms with E-state index in [1.807, 2.05) is 30.5 Å². The molecule has 0 atom stereocenters. The van der Waals surface area contributed by atoms with Gasteiger partial charge in [0.15, 0.2) is 21.3 Å². The molecular weight excluding hydrogens is 370 g/mol. The van der Waals surface area contributed by atoms with Crippen LogP contribution in [0.1, 0.15) is 6.92 Å². The molecule has 26 heavy (non-hydrogen) atoms. The van der Waals surface area contributed by atoms with Gasteiger partial charge in [-0.1, -0.05) is 12.1 Å². The third kappa shape index (κ3) is 3.89. The highest BCUT2D eigenvalue weighted by Crippen LogP contribution is 2.35. The van der Waals surface area contributed by atoms with Gasteiger partial charge in [0, 0.05) is 22.8 Å². The standard InChI is InChI=1S/C19H19NO4S2/c1-4-24-17-10-7-14(11-18(17)23-2)19-20-16(12-25-19)13-5-8-15(9-6-13)26(3,21)22/h5-12H,4H2,1-3H3. The number of rotatable bonds is 6. The van der Waals surface area contributed by atoms with Crippen LogP contribution in [0, 0.1) is 0 Å². The van der Waals surface area contributed by atoms with Gasteiger partial charge >= 0.3 is 0 Å². The van der Waals surface area contributed by atoms with Crippen molar-refractivity contribution in [3.63, 3.8) is 0 Å². The Balaban J connectivity index is 1.90. The highest BCUT2D eigenvalue weighted by Gasteiger charge is 2.12. The Bertz CT molecular complexity index is 1010. The van der Waals surface area contributed by atoms with E-state index in [0.29, 0.717) is 23.0 Å². The molecule has 0 amide bonds. The first-order chi connectivity index (χ1) is 12.4. The van der Waals surface area contributed by atoms with Gasteiger partial charge in [-0.25, -0.2) is 13.4 Å². The van der Waals surface area contributed by atoms with Crippen LogP contribution in [0.2, 0.25) is 0 Å². The molecule has 0 bridgehead atoms. The Morgan fingerprint density at radius 3 is 2.35 bits per heavy atom. The highest BCUT2D eigenvalue weighted by molar-refractivity contribution is 7.90. The Kier molecular flexibility index (Phi) is 5.29. The summed E-state index contributed by atoms with van der Waals surface area (Å²) in [5.41, 5.74) is 2.62. The first-order valence-corrected chi connectivity index (χ1v) is 10.8. The third-order valence-electron chi connectivity index (χ3n) is 3.79. The topological polar surface area (TPSA) is 65.5 Å². The maximum atomic E-state index is 11.6. The van der Waals surface area contributed by atoms with Crippen LogP contribution in [0.15, 0.2) is 52.7 Å². The summed E-state index contributed by atoms with van der Waals surface area (Å²) in [6.07, 6.45) is 1.20. The van der Waals surface area contributed by atoms with Crippen molar-refractivity contribution in [1.29, 1.82) is 0 Å². The molecule has 7 heteroatoms. The predicted molar refractivity (Wildman–Crippen MR) is 104 cm³/mol. The first kappa shape index (κ1) is 18.4. The van der Waals surface area contributed by atoms with Gasteiger partial charge in [-0.05, 0) is 37.3 Å². The van der Waals surface area contributed by atoms with Gasteiger partial charge in [-0.15, -0.1) is 11.3 Å². The fourth-order valence-corrected chi connectivity index (χ4v) is 3.94. The summed E-state index contributed by atoms with van der Waals surface area (Å²) in [7, 11) is -1.59. The molecule has 2 aromatic carbocycles. The van der Waals surface area contributed by atoms with Crippen LogP contribution < -0.4 is 9.47 Å². The number of sulfone groups is 1. The first-order valence-electron chi connectivity index (χ1n) is 7.99. The molecule has 0 aliphatic carbocycles. The van der Waals surface area contributed by atoms with E-state index in [-0.39, 0.29) is 0 Å². The lowest BCUT2D eigenvalue weighted by Crippen LogP contribution is -1.96. The second-order valence-electron chi connectivity index (χ2n) is 5.63. The highest BCUT2D eigenvalue weighted by atomic mass is 32.2. The molecule has 3 rings (SSSR count). The monoisotopic (exact) mass is 389 g/mol. The summed E-state index contributed by atoms with van der Waals surface area (Å²) in [5.74, 6) is 1.37. The molecule has 0 aliphatic rings. The van der Waals surface area contributed by atoms with Crippen LogP contribution >= 0.6 is 11.3 Å². The van der Waals surface area contributed by atoms with E-state index in [4.69, 9.17) is 9.47 Å². The van der Waals surface area contributed by atoms with Crippen molar-refractivity contribution >= 4 is 21.2 Å². The summed E-state index contributed by atoms with van der Waals surface area (Å²) in [6, 6.07) is 12.5. The molecule has 0 saturated heterocycles. The summed E-state index contributed by atoms with van der Waals surface area (Å²) >= 11 is 1.52. The smallest absolute Gasteiger partial charge is 0.175 e. The SMILES string of the molecule is CCOc1ccc(-c2nc(-c3ccc(S(C)(=O)=O)cc3)cs2)cc1OC. The lowest BCUT2D eigenvalue weighted by molar-refractivity contribution is 0.311. The molecule has 0 fully saturated rings. The van der Waals surface area contributed by atoms with Crippen molar-refractivity contribution in [3.05, 3.63) is 47.8 Å². The zero-order chi connectivity index (χ0) is 18.7. The molecule has 0 radical (unpaired) electrons. The molecule has 0 saturated carbocycles. The van der Waals surface area contributed by atoms with E-state index in [0.717, 1.165) is 21.8 Å². The molecule has 0 unspecified atom stereocenters. The largest absolute Gasteiger partial charge is 0.493 e. The van der Waals surface area contributed by atoms with Crippen LogP contribution in [0.25, 0.3) is 21.8 Å². The molecule has 0 aliphatic heterocycles. The van der Waals surface area contributed by atoms with Gasteiger partial charge in [-0.2, -0.15) is 0 Å². The molecule has 1 aromatic heterocycles. The van der Waals surface area contributed by atoms with Gasteiger partial charge in [0.2, 0.25) is 0 Å². The molecule has 0 N–H and O–H groups in total. The zero-order valence-electron chi connectivity index (χ0n) is 14.7. The average Bonchev–Trinajstić information content (AvgIpc) is 3.12. The lowest BCUT2D eigenvalue weighted by atomic mass is 10.2. The molecule has 1 heterocycles. The van der Waals surface area contributed by atoms with Crippen molar-refractivity contribution in [2.24, 2.45) is 0 Å². The predicted octanol–water partition coefficient (Wildman–Crippen LogP) is 4.29. The van der Waals surface area contributed by atoms with Crippen molar-refractivity contribution in [2.45, 2.75) is 11.8 Å². The molecule has 136 valence electrons. The number of hydrogen-bond acceptors (Lipinski definition) is 6. The zero-order valence-corrected chi connectivity index (χ0v) is 16.4. The van der Waals surface area contributed by atoms with E-state index in [2.05, 4.69) is 4.98 Å². The summed E-state index contributed by atoms with van der Waals surface area (Å²) in [4.78, 5) is 4.97. The van der Waals surface area contributed by atoms with Gasteiger partial charge in [0.1, 0.15) is 5.01 Å². The fourth-order valence-electron chi connectivity index (χ4n) is 2.49. The van der Waals surface area contributed by atoms with Crippen molar-refractivity contribution in [2.75, 3.05) is 20.0 Å². The van der Waals surface area contributed by atoms with Crippen molar-refractivity contribution in [3.8, 4) is 33.3 Å². The van der Waals surface area contributed by atoms with Crippen LogP contribution in [0.5, 0.6) is 11.5 Å². The Morgan fingerprint density at radius 1 is 1.04 bits per heavy atom. The number of thiazole rings is 1. The number of benzene rings is 2. The van der Waals surface area contributed by atoms with Crippen molar-refractivity contribution < 1.29 is 17.9 Å². The number of aromatic nitrogens is 1. The van der Waals surface area contributed by atoms with E-state index < -0.39 is 9.84 Å². The summed E-state index contributed by atoms with van der Waals surface area (Å²) in [5, 5.41) is 2.81. The fraction of sp³-hybridized carbons (Fsp3) is 0.211. The van der Waals surface area contributed by atoms with E-state index in [1.165, 1.54) is 17.6 Å². The maximum absolute atomic E-state index is 11.6. The Morgan fingerprint density at radius 2 is 1.73 bits per heavy atom. The van der Waals surface area contributed by atoms with E-state index >= 15 is 0 Å². The van der Waals surface area contributed by atoms with E-state index in [9.17, 15) is 8.42 Å². The van der Waals surface area contributed by atoms with Crippen LogP contribution in [0.4, 0.5) is 0 Å². The molecule has 5 nitrogen and oxygen atoms in total. The summed E-state index contributed by atoms with van der Waals surface area (Å²) in [6.45, 7) is 2.50. The second-order valence-corrected chi connectivity index (χ2v) is 8.51. The molecular formula is C19H19NO4S2. The van der Waals surface area contributed by atoms with Crippen LogP contribution in [0.3, 0.4) is 0 Å². The lowest BCUT2D eigenvalue weighted by Gasteiger charge is -2.09. The normalized spacial score (nSPS) is 11.3. The third-order valence-corrected chi connectivity index (χ3v) is 5.81. The number of methoxy groups -OCH3 is 1. The van der Waals surface area contributed by atoms with Gasteiger partial charge in [0.05, 0.1) is 24.3 Å². The van der Waals surface area contributed by atoms with E-state index in [1.54, 1.807) is 31.4 Å². The van der Waals surface area contributed by atoms with Gasteiger partial charge in [0.25, 0.3) is 0 Å². The van der Waals surface area contributed by atoms with Crippen LogP contribution in [-0.2, 0) is 9.84 Å². The minimum atomic E-state index is -3.20. The maximum Gasteiger partial charge on any atom is 0.175 e. The Hall–Kier alpha value is -2.38. The summed E-state index contributed by atoms with van der Waals surface area (Å²) < 4.78 is 34.1. The quantitative estimate of drug-likeness (QED) is 0.629. The van der Waals surface area contributed by atoms with Crippen molar-refractivity contribution in [1.82, 2.24) is 4.98 Å². The van der Waals surface area contributed by atoms with Gasteiger partial charge < -0.3 is 9.47 Å². The Labute approximate surface area is 157 Å². The minimum Gasteiger partial charge on any atom is -0.493 e. The molecule has 3 aromatic rings. The number of ether oxygens (including phenoxy) is 2. The second kappa shape index (κ2) is 7.47. The number of nitrogens with zero attached hydrogens (tertiary/aromatic N) is 1. The van der Waals surface area contributed by atoms with Gasteiger partial charge in [-0.3, -0.25) is 0 Å². The molecule has 0 spiro atoms. The van der Waals surface area contributed by atoms with Crippen LogP contribution in [-0.4, -0.2) is 33.4 Å². The average molecular weight is 389 g/mol.